The molecule has 1 aromatic rings. The molecule has 2 rings (SSSR count). The second-order valence-corrected chi connectivity index (χ2v) is 5.80. The second-order valence-electron chi connectivity index (χ2n) is 5.80. The number of nitrogens with one attached hydrogen (secondary N) is 1. The van der Waals surface area contributed by atoms with Gasteiger partial charge in [0.1, 0.15) is 11.6 Å². The van der Waals surface area contributed by atoms with Crippen LogP contribution in [-0.2, 0) is 6.42 Å². The van der Waals surface area contributed by atoms with Crippen LogP contribution in [0.3, 0.4) is 0 Å². The summed E-state index contributed by atoms with van der Waals surface area (Å²) in [5.41, 5.74) is 0.810. The Balaban J connectivity index is 2.05. The number of hydrogen-bond acceptors (Lipinski definition) is 1. The van der Waals surface area contributed by atoms with Crippen molar-refractivity contribution >= 4 is 0 Å². The summed E-state index contributed by atoms with van der Waals surface area (Å²) >= 11 is 0. The van der Waals surface area contributed by atoms with Gasteiger partial charge >= 0.3 is 0 Å². The van der Waals surface area contributed by atoms with Crippen molar-refractivity contribution in [2.75, 3.05) is 6.54 Å². The molecule has 1 saturated carbocycles. The van der Waals surface area contributed by atoms with E-state index in [2.05, 4.69) is 19.2 Å². The predicted octanol–water partition coefficient (Wildman–Crippen LogP) is 3.68. The molecule has 18 heavy (non-hydrogen) atoms. The normalized spacial score (nSPS) is 17.8. The molecule has 1 aromatic carbocycles. The number of benzene rings is 1. The molecule has 0 heterocycles. The van der Waals surface area contributed by atoms with Crippen LogP contribution in [0, 0.1) is 17.0 Å². The molecule has 1 aliphatic rings. The Bertz CT molecular complexity index is 411. The maximum atomic E-state index is 13.7. The summed E-state index contributed by atoms with van der Waals surface area (Å²) in [7, 11) is 0. The van der Waals surface area contributed by atoms with Gasteiger partial charge in [0.05, 0.1) is 0 Å². The van der Waals surface area contributed by atoms with E-state index >= 15 is 0 Å². The van der Waals surface area contributed by atoms with Gasteiger partial charge in [0, 0.05) is 18.7 Å². The fraction of sp³-hybridized carbons (Fsp3) is 0.600. The first kappa shape index (κ1) is 13.5. The van der Waals surface area contributed by atoms with Gasteiger partial charge in [-0.15, -0.1) is 0 Å². The molecule has 0 aliphatic heterocycles. The Kier molecular flexibility index (Phi) is 4.00. The maximum Gasteiger partial charge on any atom is 0.129 e. The molecular formula is C15H21F2N. The first-order valence-corrected chi connectivity index (χ1v) is 6.68. The molecule has 0 atom stereocenters. The molecule has 1 N–H and O–H groups in total. The lowest BCUT2D eigenvalue weighted by molar-refractivity contribution is 0.125. The first-order chi connectivity index (χ1) is 8.51. The molecule has 0 unspecified atom stereocenters. The van der Waals surface area contributed by atoms with Crippen molar-refractivity contribution in [1.29, 1.82) is 0 Å². The van der Waals surface area contributed by atoms with Gasteiger partial charge in [-0.2, -0.15) is 0 Å². The fourth-order valence-corrected chi connectivity index (χ4v) is 2.58. The maximum absolute atomic E-state index is 13.7. The topological polar surface area (TPSA) is 12.0 Å². The second kappa shape index (κ2) is 5.35. The van der Waals surface area contributed by atoms with Gasteiger partial charge in [0.25, 0.3) is 0 Å². The Labute approximate surface area is 108 Å². The molecule has 1 aliphatic carbocycles. The van der Waals surface area contributed by atoms with E-state index in [0.717, 1.165) is 25.5 Å². The SMILES string of the molecule is CC(C)NCC1(Cc2ccc(F)cc2F)CCC1. The van der Waals surface area contributed by atoms with Crippen molar-refractivity contribution in [1.82, 2.24) is 5.32 Å². The van der Waals surface area contributed by atoms with Gasteiger partial charge in [-0.25, -0.2) is 8.78 Å². The standard InChI is InChI=1S/C15H21F2N/c1-11(2)18-10-15(6-3-7-15)9-12-4-5-13(16)8-14(12)17/h4-5,8,11,18H,3,6-7,9-10H2,1-2H3. The molecule has 0 amide bonds. The summed E-state index contributed by atoms with van der Waals surface area (Å²) in [6, 6.07) is 4.36. The number of halogens is 2. The highest BCUT2D eigenvalue weighted by Crippen LogP contribution is 2.43. The van der Waals surface area contributed by atoms with Crippen LogP contribution in [0.15, 0.2) is 18.2 Å². The van der Waals surface area contributed by atoms with Gasteiger partial charge in [-0.1, -0.05) is 26.3 Å². The fourth-order valence-electron chi connectivity index (χ4n) is 2.58. The van der Waals surface area contributed by atoms with Crippen LogP contribution in [0.1, 0.15) is 38.7 Å². The van der Waals surface area contributed by atoms with E-state index in [-0.39, 0.29) is 5.41 Å². The monoisotopic (exact) mass is 253 g/mol. The van der Waals surface area contributed by atoms with E-state index in [1.807, 2.05) is 0 Å². The molecular weight excluding hydrogens is 232 g/mol. The summed E-state index contributed by atoms with van der Waals surface area (Å²) < 4.78 is 26.6. The Hall–Kier alpha value is -0.960. The van der Waals surface area contributed by atoms with Crippen LogP contribution in [-0.4, -0.2) is 12.6 Å². The quantitative estimate of drug-likeness (QED) is 0.844. The lowest BCUT2D eigenvalue weighted by Crippen LogP contribution is -2.43. The third-order valence-corrected chi connectivity index (χ3v) is 3.88. The average molecular weight is 253 g/mol. The van der Waals surface area contributed by atoms with Crippen LogP contribution in [0.25, 0.3) is 0 Å². The van der Waals surface area contributed by atoms with E-state index in [4.69, 9.17) is 0 Å². The summed E-state index contributed by atoms with van der Waals surface area (Å²) in [6.45, 7) is 5.15. The van der Waals surface area contributed by atoms with E-state index in [1.54, 1.807) is 6.07 Å². The zero-order chi connectivity index (χ0) is 13.2. The van der Waals surface area contributed by atoms with Crippen LogP contribution in [0.2, 0.25) is 0 Å². The summed E-state index contributed by atoms with van der Waals surface area (Å²) in [5.74, 6) is -0.912. The van der Waals surface area contributed by atoms with E-state index < -0.39 is 11.6 Å². The molecule has 3 heteroatoms. The highest BCUT2D eigenvalue weighted by molar-refractivity contribution is 5.21. The van der Waals surface area contributed by atoms with Crippen LogP contribution >= 0.6 is 0 Å². The van der Waals surface area contributed by atoms with Gasteiger partial charge in [0.15, 0.2) is 0 Å². The van der Waals surface area contributed by atoms with Crippen LogP contribution in [0.4, 0.5) is 8.78 Å². The molecule has 1 nitrogen and oxygen atoms in total. The Morgan fingerprint density at radius 2 is 2.00 bits per heavy atom. The van der Waals surface area contributed by atoms with Crippen molar-refractivity contribution in [2.24, 2.45) is 5.41 Å². The van der Waals surface area contributed by atoms with Crippen LogP contribution < -0.4 is 5.32 Å². The van der Waals surface area contributed by atoms with Crippen LogP contribution in [0.5, 0.6) is 0 Å². The van der Waals surface area contributed by atoms with Gasteiger partial charge in [-0.05, 0) is 36.3 Å². The molecule has 0 spiro atoms. The van der Waals surface area contributed by atoms with Gasteiger partial charge in [-0.3, -0.25) is 0 Å². The van der Waals surface area contributed by atoms with Gasteiger partial charge in [0.2, 0.25) is 0 Å². The minimum atomic E-state index is -0.501. The highest BCUT2D eigenvalue weighted by atomic mass is 19.1. The zero-order valence-corrected chi connectivity index (χ0v) is 11.1. The third kappa shape index (κ3) is 3.08. The van der Waals surface area contributed by atoms with E-state index in [1.165, 1.54) is 12.5 Å². The Morgan fingerprint density at radius 1 is 1.28 bits per heavy atom. The van der Waals surface area contributed by atoms with Crippen molar-refractivity contribution in [2.45, 2.75) is 45.6 Å². The first-order valence-electron chi connectivity index (χ1n) is 6.68. The Morgan fingerprint density at radius 3 is 2.50 bits per heavy atom. The molecule has 0 aromatic heterocycles. The molecule has 100 valence electrons. The largest absolute Gasteiger partial charge is 0.314 e. The minimum absolute atomic E-state index is 0.170. The summed E-state index contributed by atoms with van der Waals surface area (Å²) in [5, 5.41) is 3.44. The average Bonchev–Trinajstić information content (AvgIpc) is 2.24. The smallest absolute Gasteiger partial charge is 0.129 e. The number of hydrogen-bond donors (Lipinski definition) is 1. The number of rotatable bonds is 5. The molecule has 0 saturated heterocycles. The molecule has 0 bridgehead atoms. The van der Waals surface area contributed by atoms with E-state index in [0.29, 0.717) is 18.0 Å². The lowest BCUT2D eigenvalue weighted by atomic mass is 9.65. The highest BCUT2D eigenvalue weighted by Gasteiger charge is 2.37. The van der Waals surface area contributed by atoms with Crippen molar-refractivity contribution < 1.29 is 8.78 Å². The lowest BCUT2D eigenvalue weighted by Gasteiger charge is -2.43. The summed E-state index contributed by atoms with van der Waals surface area (Å²) in [6.07, 6.45) is 4.18. The molecule has 0 radical (unpaired) electrons. The zero-order valence-electron chi connectivity index (χ0n) is 11.1. The summed E-state index contributed by atoms with van der Waals surface area (Å²) in [4.78, 5) is 0. The minimum Gasteiger partial charge on any atom is -0.314 e. The van der Waals surface area contributed by atoms with Gasteiger partial charge < -0.3 is 5.32 Å². The third-order valence-electron chi connectivity index (χ3n) is 3.88. The van der Waals surface area contributed by atoms with Crippen molar-refractivity contribution in [3.8, 4) is 0 Å². The van der Waals surface area contributed by atoms with E-state index in [9.17, 15) is 8.78 Å². The molecule has 1 fully saturated rings. The predicted molar refractivity (Wildman–Crippen MR) is 69.5 cm³/mol. The van der Waals surface area contributed by atoms with Crippen molar-refractivity contribution in [3.05, 3.63) is 35.4 Å². The van der Waals surface area contributed by atoms with Crippen molar-refractivity contribution in [3.63, 3.8) is 0 Å².